The Hall–Kier alpha value is -5.60. The second-order valence-electron chi connectivity index (χ2n) is 10.8. The van der Waals surface area contributed by atoms with E-state index in [1.165, 1.54) is 16.3 Å². The summed E-state index contributed by atoms with van der Waals surface area (Å²) in [5.74, 6) is 0.639. The van der Waals surface area contributed by atoms with E-state index in [1.54, 1.807) is 0 Å². The van der Waals surface area contributed by atoms with Crippen LogP contribution in [0.5, 0.6) is 0 Å². The molecule has 0 saturated carbocycles. The van der Waals surface area contributed by atoms with Crippen molar-refractivity contribution >= 4 is 49.6 Å². The smallest absolute Gasteiger partial charge is 0.160 e. The minimum atomic E-state index is 0.639. The second-order valence-corrected chi connectivity index (χ2v) is 10.8. The number of hydrogen-bond acceptors (Lipinski definition) is 1. The number of benzene rings is 7. The lowest BCUT2D eigenvalue weighted by Crippen LogP contribution is -2.05. The first kappa shape index (κ1) is 26.3. The normalized spacial score (nSPS) is 12.2. The third-order valence-corrected chi connectivity index (χ3v) is 8.01. The van der Waals surface area contributed by atoms with Crippen LogP contribution in [0.4, 0.5) is 0 Å². The first-order chi connectivity index (χ1) is 21.1. The van der Waals surface area contributed by atoms with Crippen LogP contribution >= 0.6 is 0 Å². The third kappa shape index (κ3) is 5.27. The molecule has 0 amide bonds. The van der Waals surface area contributed by atoms with E-state index < -0.39 is 0 Å². The minimum Gasteiger partial charge on any atom is -0.233 e. The van der Waals surface area contributed by atoms with Crippen LogP contribution < -0.4 is 0 Å². The summed E-state index contributed by atoms with van der Waals surface area (Å²) in [7, 11) is 0. The maximum Gasteiger partial charge on any atom is 0.160 e. The van der Waals surface area contributed by atoms with Gasteiger partial charge < -0.3 is 0 Å². The van der Waals surface area contributed by atoms with Crippen molar-refractivity contribution in [1.29, 1.82) is 0 Å². The van der Waals surface area contributed by atoms with Crippen molar-refractivity contribution in [2.24, 2.45) is 9.98 Å². The van der Waals surface area contributed by atoms with E-state index in [1.807, 2.05) is 25.1 Å². The average Bonchev–Trinajstić information content (AvgIpc) is 3.07. The Bertz CT molecular complexity index is 2200. The van der Waals surface area contributed by atoms with E-state index in [9.17, 15) is 0 Å². The molecule has 0 unspecified atom stereocenters. The highest BCUT2D eigenvalue weighted by molar-refractivity contribution is 6.18. The van der Waals surface area contributed by atoms with Crippen molar-refractivity contribution in [3.8, 4) is 11.1 Å². The Morgan fingerprint density at radius 1 is 0.465 bits per heavy atom. The highest BCUT2D eigenvalue weighted by Gasteiger charge is 2.13. The zero-order chi connectivity index (χ0) is 29.2. The van der Waals surface area contributed by atoms with E-state index >= 15 is 0 Å². The molecule has 0 atom stereocenters. The second kappa shape index (κ2) is 11.3. The van der Waals surface area contributed by atoms with Crippen LogP contribution in [0.25, 0.3) is 49.1 Å². The number of fused-ring (bicyclic) bond motifs is 3. The molecule has 0 aliphatic carbocycles. The monoisotopic (exact) mass is 550 g/mol. The summed E-state index contributed by atoms with van der Waals surface area (Å²) in [6.45, 7) is 6.48. The summed E-state index contributed by atoms with van der Waals surface area (Å²) in [5.41, 5.74) is 6.94. The molecule has 2 heteroatoms. The van der Waals surface area contributed by atoms with E-state index in [0.717, 1.165) is 49.5 Å². The quantitative estimate of drug-likeness (QED) is 0.150. The fourth-order valence-corrected chi connectivity index (χ4v) is 5.73. The maximum atomic E-state index is 5.16. The summed E-state index contributed by atoms with van der Waals surface area (Å²) < 4.78 is 0. The van der Waals surface area contributed by atoms with Crippen LogP contribution in [-0.4, -0.2) is 11.5 Å². The first-order valence-electron chi connectivity index (χ1n) is 14.5. The minimum absolute atomic E-state index is 0.639. The fourth-order valence-electron chi connectivity index (χ4n) is 5.73. The Labute approximate surface area is 252 Å². The Morgan fingerprint density at radius 2 is 1.05 bits per heavy atom. The topological polar surface area (TPSA) is 24.7 Å². The molecule has 7 aromatic carbocycles. The van der Waals surface area contributed by atoms with Gasteiger partial charge in [-0.3, -0.25) is 0 Å². The molecule has 2 nitrogen and oxygen atoms in total. The summed E-state index contributed by atoms with van der Waals surface area (Å²) in [6.07, 6.45) is 0. The summed E-state index contributed by atoms with van der Waals surface area (Å²) >= 11 is 0. The molecular formula is C41H30N2. The third-order valence-electron chi connectivity index (χ3n) is 8.01. The van der Waals surface area contributed by atoms with Crippen molar-refractivity contribution in [2.75, 3.05) is 0 Å². The zero-order valence-electron chi connectivity index (χ0n) is 24.0. The predicted molar refractivity (Wildman–Crippen MR) is 185 cm³/mol. The lowest BCUT2D eigenvalue weighted by Gasteiger charge is -2.12. The van der Waals surface area contributed by atoms with Gasteiger partial charge in [-0.25, -0.2) is 9.98 Å². The van der Waals surface area contributed by atoms with Gasteiger partial charge in [-0.05, 0) is 68.1 Å². The van der Waals surface area contributed by atoms with E-state index in [4.69, 9.17) is 9.98 Å². The molecule has 0 bridgehead atoms. The molecule has 0 heterocycles. The van der Waals surface area contributed by atoms with Crippen LogP contribution in [0.2, 0.25) is 0 Å². The van der Waals surface area contributed by atoms with E-state index in [0.29, 0.717) is 11.5 Å². The van der Waals surface area contributed by atoms with Crippen LogP contribution in [0.3, 0.4) is 0 Å². The van der Waals surface area contributed by atoms with Crippen molar-refractivity contribution in [3.05, 3.63) is 175 Å². The molecule has 0 N–H and O–H groups in total. The number of nitrogens with zero attached hydrogens (tertiary/aromatic N) is 2. The van der Waals surface area contributed by atoms with Gasteiger partial charge in [-0.2, -0.15) is 0 Å². The molecule has 0 aromatic heterocycles. The van der Waals surface area contributed by atoms with Gasteiger partial charge in [0.2, 0.25) is 0 Å². The van der Waals surface area contributed by atoms with Crippen molar-refractivity contribution in [1.82, 2.24) is 0 Å². The lowest BCUT2D eigenvalue weighted by molar-refractivity contribution is 1.46. The van der Waals surface area contributed by atoms with Crippen LogP contribution in [0, 0.1) is 0 Å². The summed E-state index contributed by atoms with van der Waals surface area (Å²) in [4.78, 5) is 10.3. The maximum absolute atomic E-state index is 5.16. The molecule has 0 aliphatic heterocycles. The van der Waals surface area contributed by atoms with Gasteiger partial charge in [-0.15, -0.1) is 0 Å². The molecule has 0 aliphatic rings. The van der Waals surface area contributed by atoms with Crippen molar-refractivity contribution in [3.63, 3.8) is 0 Å². The SMILES string of the molecule is C=C(N=C(N=C(C)c1ccccc1)c1cccc2ccc(-c3ccc4ccccc4c3)cc12)c1cccc2ccccc12. The molecule has 0 radical (unpaired) electrons. The number of aliphatic imine (C=N–C) groups is 2. The van der Waals surface area contributed by atoms with Crippen molar-refractivity contribution < 1.29 is 0 Å². The highest BCUT2D eigenvalue weighted by Crippen LogP contribution is 2.31. The van der Waals surface area contributed by atoms with Gasteiger partial charge in [0.1, 0.15) is 0 Å². The van der Waals surface area contributed by atoms with Gasteiger partial charge in [0, 0.05) is 16.8 Å². The Balaban J connectivity index is 1.41. The van der Waals surface area contributed by atoms with Gasteiger partial charge in [0.15, 0.2) is 5.84 Å². The molecule has 43 heavy (non-hydrogen) atoms. The fraction of sp³-hybridized carbons (Fsp3) is 0.0244. The zero-order valence-corrected chi connectivity index (χ0v) is 24.0. The first-order valence-corrected chi connectivity index (χ1v) is 14.5. The van der Waals surface area contributed by atoms with E-state index in [2.05, 4.69) is 140 Å². The molecule has 0 saturated heterocycles. The lowest BCUT2D eigenvalue weighted by atomic mass is 9.96. The number of amidine groups is 1. The van der Waals surface area contributed by atoms with Crippen LogP contribution in [-0.2, 0) is 0 Å². The van der Waals surface area contributed by atoms with Gasteiger partial charge in [0.05, 0.1) is 5.70 Å². The molecule has 0 spiro atoms. The van der Waals surface area contributed by atoms with E-state index in [-0.39, 0.29) is 0 Å². The highest BCUT2D eigenvalue weighted by atomic mass is 14.9. The Morgan fingerprint density at radius 3 is 1.84 bits per heavy atom. The molecule has 204 valence electrons. The molecule has 7 aromatic rings. The molecule has 0 fully saturated rings. The largest absolute Gasteiger partial charge is 0.233 e. The number of hydrogen-bond donors (Lipinski definition) is 0. The van der Waals surface area contributed by atoms with Crippen LogP contribution in [0.1, 0.15) is 23.6 Å². The molecular weight excluding hydrogens is 520 g/mol. The van der Waals surface area contributed by atoms with Crippen molar-refractivity contribution in [2.45, 2.75) is 6.92 Å². The van der Waals surface area contributed by atoms with Gasteiger partial charge in [0.25, 0.3) is 0 Å². The molecule has 7 rings (SSSR count). The summed E-state index contributed by atoms with van der Waals surface area (Å²) in [6, 6.07) is 53.0. The van der Waals surface area contributed by atoms with Gasteiger partial charge >= 0.3 is 0 Å². The summed E-state index contributed by atoms with van der Waals surface area (Å²) in [5, 5.41) is 6.98. The predicted octanol–water partition coefficient (Wildman–Crippen LogP) is 10.7. The average molecular weight is 551 g/mol. The Kier molecular flexibility index (Phi) is 6.94. The standard InChI is InChI=1S/C41H30N2/c1-28(30-12-4-3-5-13-30)42-41(43-29(2)37-20-10-17-32-15-8-9-19-38(32)37)39-21-11-18-33-23-25-36(27-40(33)39)35-24-22-31-14-6-7-16-34(31)26-35/h3-27H,2H2,1H3. The number of rotatable bonds is 5. The van der Waals surface area contributed by atoms with Gasteiger partial charge in [-0.1, -0.05) is 146 Å². The van der Waals surface area contributed by atoms with Crippen LogP contribution in [0.15, 0.2) is 168 Å².